The Hall–Kier alpha value is -3.68. The van der Waals surface area contributed by atoms with Gasteiger partial charge in [-0.3, -0.25) is 25.0 Å². The van der Waals surface area contributed by atoms with Gasteiger partial charge >= 0.3 is 0 Å². The quantitative estimate of drug-likeness (QED) is 0.342. The third-order valence-corrected chi connectivity index (χ3v) is 4.68. The minimum absolute atomic E-state index is 0.0378. The number of hydrogen-bond acceptors (Lipinski definition) is 5. The fourth-order valence-electron chi connectivity index (χ4n) is 2.94. The van der Waals surface area contributed by atoms with Crippen LogP contribution in [0.3, 0.4) is 0 Å². The fourth-order valence-corrected chi connectivity index (χ4v) is 2.94. The van der Waals surface area contributed by atoms with E-state index < -0.39 is 4.92 Å². The number of nitro groups is 1. The molecule has 2 aromatic carbocycles. The largest absolute Gasteiger partial charge is 0.497 e. The van der Waals surface area contributed by atoms with Crippen LogP contribution in [0.5, 0.6) is 5.75 Å². The first-order valence-electron chi connectivity index (χ1n) is 9.64. The third-order valence-electron chi connectivity index (χ3n) is 4.68. The molecule has 1 aromatic heterocycles. The second kappa shape index (κ2) is 9.21. The number of hydrogen-bond donors (Lipinski definition) is 1. The molecule has 0 spiro atoms. The van der Waals surface area contributed by atoms with E-state index in [1.165, 1.54) is 28.9 Å². The first kappa shape index (κ1) is 21.0. The van der Waals surface area contributed by atoms with E-state index in [4.69, 9.17) is 4.74 Å². The summed E-state index contributed by atoms with van der Waals surface area (Å²) in [7, 11) is 1.59. The molecule has 0 aliphatic carbocycles. The van der Waals surface area contributed by atoms with Crippen LogP contribution in [0.2, 0.25) is 0 Å². The maximum Gasteiger partial charge on any atom is 0.280 e. The first-order valence-corrected chi connectivity index (χ1v) is 9.64. The van der Waals surface area contributed by atoms with Gasteiger partial charge in [0.15, 0.2) is 0 Å². The van der Waals surface area contributed by atoms with E-state index >= 15 is 0 Å². The smallest absolute Gasteiger partial charge is 0.280 e. The number of aliphatic imine (C=N–C) groups is 1. The summed E-state index contributed by atoms with van der Waals surface area (Å²) < 4.78 is 6.58. The van der Waals surface area contributed by atoms with E-state index in [2.05, 4.69) is 23.9 Å². The van der Waals surface area contributed by atoms with Crippen molar-refractivity contribution in [3.63, 3.8) is 0 Å². The second-order valence-corrected chi connectivity index (χ2v) is 7.26. The number of ether oxygens (including phenoxy) is 1. The van der Waals surface area contributed by atoms with Crippen molar-refractivity contribution in [3.8, 4) is 22.7 Å². The van der Waals surface area contributed by atoms with E-state index in [0.717, 1.165) is 12.0 Å². The monoisotopic (exact) mass is 408 g/mol. The Morgan fingerprint density at radius 1 is 1.17 bits per heavy atom. The van der Waals surface area contributed by atoms with Gasteiger partial charge in [-0.1, -0.05) is 13.8 Å². The number of nitro benzene ring substituents is 1. The zero-order valence-electron chi connectivity index (χ0n) is 17.2. The van der Waals surface area contributed by atoms with E-state index in [-0.39, 0.29) is 11.2 Å². The predicted octanol–water partition coefficient (Wildman–Crippen LogP) is 4.21. The summed E-state index contributed by atoms with van der Waals surface area (Å²) in [5, 5.41) is 14.0. The molecule has 0 radical (unpaired) electrons. The Balaban J connectivity index is 2.05. The molecule has 1 heterocycles. The summed E-state index contributed by atoms with van der Waals surface area (Å²) in [4.78, 5) is 28.0. The van der Waals surface area contributed by atoms with E-state index in [1.807, 2.05) is 24.3 Å². The first-order chi connectivity index (χ1) is 14.4. The van der Waals surface area contributed by atoms with Gasteiger partial charge < -0.3 is 4.74 Å². The average molecular weight is 408 g/mol. The lowest BCUT2D eigenvalue weighted by Gasteiger charge is -2.04. The van der Waals surface area contributed by atoms with Gasteiger partial charge in [-0.15, -0.1) is 0 Å². The summed E-state index contributed by atoms with van der Waals surface area (Å²) in [6, 6.07) is 13.2. The maximum atomic E-state index is 13.1. The van der Waals surface area contributed by atoms with Gasteiger partial charge in [0.2, 0.25) is 0 Å². The normalized spacial score (nSPS) is 11.3. The predicted molar refractivity (Wildman–Crippen MR) is 117 cm³/mol. The molecule has 30 heavy (non-hydrogen) atoms. The van der Waals surface area contributed by atoms with Gasteiger partial charge in [-0.25, -0.2) is 4.68 Å². The topological polar surface area (TPSA) is 103 Å². The van der Waals surface area contributed by atoms with E-state index in [9.17, 15) is 14.9 Å². The van der Waals surface area contributed by atoms with Gasteiger partial charge in [0.25, 0.3) is 11.2 Å². The summed E-state index contributed by atoms with van der Waals surface area (Å²) in [6.45, 7) is 4.87. The molecule has 3 aromatic rings. The lowest BCUT2D eigenvalue weighted by Crippen LogP contribution is -2.17. The molecule has 1 N–H and O–H groups in total. The van der Waals surface area contributed by atoms with Crippen LogP contribution in [-0.2, 0) is 0 Å². The third kappa shape index (κ3) is 4.65. The molecule has 0 fully saturated rings. The van der Waals surface area contributed by atoms with Crippen molar-refractivity contribution in [2.75, 3.05) is 13.7 Å². The van der Waals surface area contributed by atoms with Crippen LogP contribution in [0.1, 0.15) is 25.8 Å². The average Bonchev–Trinajstić information content (AvgIpc) is 3.07. The van der Waals surface area contributed by atoms with Gasteiger partial charge in [0, 0.05) is 30.5 Å². The molecular formula is C22H24N4O4. The van der Waals surface area contributed by atoms with E-state index in [1.54, 1.807) is 13.3 Å². The number of nitrogens with zero attached hydrogens (tertiary/aromatic N) is 3. The fraction of sp³-hybridized carbons (Fsp3) is 0.273. The lowest BCUT2D eigenvalue weighted by molar-refractivity contribution is -0.384. The number of aromatic amines is 1. The van der Waals surface area contributed by atoms with Crippen molar-refractivity contribution in [3.05, 3.63) is 74.6 Å². The Kier molecular flexibility index (Phi) is 6.46. The van der Waals surface area contributed by atoms with Crippen LogP contribution in [0.15, 0.2) is 58.3 Å². The van der Waals surface area contributed by atoms with Crippen molar-refractivity contribution in [2.45, 2.75) is 20.3 Å². The van der Waals surface area contributed by atoms with Crippen LogP contribution in [0.25, 0.3) is 16.9 Å². The van der Waals surface area contributed by atoms with Crippen molar-refractivity contribution in [2.24, 2.45) is 10.9 Å². The molecule has 3 rings (SSSR count). The summed E-state index contributed by atoms with van der Waals surface area (Å²) >= 11 is 0. The highest BCUT2D eigenvalue weighted by atomic mass is 16.6. The molecule has 0 unspecified atom stereocenters. The molecule has 0 amide bonds. The zero-order chi connectivity index (χ0) is 21.7. The van der Waals surface area contributed by atoms with Gasteiger partial charge in [0.1, 0.15) is 5.75 Å². The number of benzene rings is 2. The highest BCUT2D eigenvalue weighted by Gasteiger charge is 2.16. The van der Waals surface area contributed by atoms with Crippen molar-refractivity contribution in [1.29, 1.82) is 0 Å². The molecular weight excluding hydrogens is 384 g/mol. The minimum atomic E-state index is -0.475. The molecule has 0 atom stereocenters. The number of nitrogens with one attached hydrogen (secondary N) is 1. The van der Waals surface area contributed by atoms with Crippen molar-refractivity contribution < 1.29 is 9.66 Å². The highest BCUT2D eigenvalue weighted by molar-refractivity contribution is 5.88. The lowest BCUT2D eigenvalue weighted by atomic mass is 10.1. The molecule has 0 bridgehead atoms. The molecule has 156 valence electrons. The number of aromatic nitrogens is 2. The van der Waals surface area contributed by atoms with Gasteiger partial charge in [-0.2, -0.15) is 0 Å². The summed E-state index contributed by atoms with van der Waals surface area (Å²) in [5.74, 6) is 1.23. The number of rotatable bonds is 8. The second-order valence-electron chi connectivity index (χ2n) is 7.26. The van der Waals surface area contributed by atoms with Crippen LogP contribution >= 0.6 is 0 Å². The van der Waals surface area contributed by atoms with Gasteiger partial charge in [0.05, 0.1) is 29.0 Å². The molecule has 0 saturated carbocycles. The Morgan fingerprint density at radius 2 is 1.83 bits per heavy atom. The van der Waals surface area contributed by atoms with Crippen LogP contribution in [0.4, 0.5) is 5.69 Å². The maximum absolute atomic E-state index is 13.1. The Morgan fingerprint density at radius 3 is 2.40 bits per heavy atom. The summed E-state index contributed by atoms with van der Waals surface area (Å²) in [6.07, 6.45) is 2.53. The SMILES string of the molecule is COc1ccc(-c2[nH]n(-c3ccc([N+](=O)[O-])cc3)c(=O)c2C=NCCC(C)C)cc1. The Bertz CT molecular complexity index is 1090. The Labute approximate surface area is 174 Å². The van der Waals surface area contributed by atoms with Crippen LogP contribution in [-0.4, -0.2) is 34.6 Å². The van der Waals surface area contributed by atoms with Crippen LogP contribution < -0.4 is 10.3 Å². The molecule has 0 aliphatic rings. The molecule has 0 saturated heterocycles. The standard InChI is InChI=1S/C22H24N4O4/c1-15(2)12-13-23-14-20-21(16-4-10-19(30-3)11-5-16)24-25(22(20)27)17-6-8-18(9-7-17)26(28)29/h4-11,14-15,24H,12-13H2,1-3H3. The number of non-ortho nitro benzene ring substituents is 1. The molecule has 8 heteroatoms. The van der Waals surface area contributed by atoms with Crippen molar-refractivity contribution >= 4 is 11.9 Å². The number of H-pyrrole nitrogens is 1. The van der Waals surface area contributed by atoms with Gasteiger partial charge in [-0.05, 0) is 48.7 Å². The molecule has 0 aliphatic heterocycles. The summed E-state index contributed by atoms with van der Waals surface area (Å²) in [5.41, 5.74) is 2.05. The van der Waals surface area contributed by atoms with E-state index in [0.29, 0.717) is 35.2 Å². The van der Waals surface area contributed by atoms with Crippen molar-refractivity contribution in [1.82, 2.24) is 9.78 Å². The molecule has 8 nitrogen and oxygen atoms in total. The number of methoxy groups -OCH3 is 1. The highest BCUT2D eigenvalue weighted by Crippen LogP contribution is 2.23. The zero-order valence-corrected chi connectivity index (χ0v) is 17.2. The minimum Gasteiger partial charge on any atom is -0.497 e. The van der Waals surface area contributed by atoms with Crippen LogP contribution in [0, 0.1) is 16.0 Å².